The number of hydrogen-bond acceptors (Lipinski definition) is 2. The molecule has 0 aliphatic heterocycles. The number of nitrogens with one attached hydrogen (secondary N) is 1. The van der Waals surface area contributed by atoms with Crippen LogP contribution < -0.4 is 5.32 Å². The van der Waals surface area contributed by atoms with Crippen LogP contribution in [0, 0.1) is 5.41 Å². The van der Waals surface area contributed by atoms with Gasteiger partial charge in [0.1, 0.15) is 0 Å². The first-order valence-corrected chi connectivity index (χ1v) is 6.26. The Bertz CT molecular complexity index is 332. The molecule has 1 heterocycles. The molecular formula is C14H22N2. The molecule has 1 aromatic rings. The number of nitrogens with zero attached hydrogens (tertiary/aromatic N) is 1. The van der Waals surface area contributed by atoms with Crippen molar-refractivity contribution in [1.82, 2.24) is 10.3 Å². The summed E-state index contributed by atoms with van der Waals surface area (Å²) in [6.45, 7) is 6.93. The Labute approximate surface area is 98.5 Å². The van der Waals surface area contributed by atoms with Gasteiger partial charge in [0.15, 0.2) is 0 Å². The van der Waals surface area contributed by atoms with E-state index in [-0.39, 0.29) is 0 Å². The highest BCUT2D eigenvalue weighted by molar-refractivity contribution is 5.08. The summed E-state index contributed by atoms with van der Waals surface area (Å²) in [6.07, 6.45) is 5.84. The molecule has 1 N–H and O–H groups in total. The zero-order valence-electron chi connectivity index (χ0n) is 10.5. The van der Waals surface area contributed by atoms with Crippen LogP contribution in [-0.2, 0) is 0 Å². The second-order valence-corrected chi connectivity index (χ2v) is 5.58. The van der Waals surface area contributed by atoms with E-state index in [9.17, 15) is 0 Å². The van der Waals surface area contributed by atoms with Crippen LogP contribution in [0.2, 0.25) is 0 Å². The van der Waals surface area contributed by atoms with Gasteiger partial charge in [0, 0.05) is 18.3 Å². The van der Waals surface area contributed by atoms with Crippen molar-refractivity contribution in [2.45, 2.75) is 52.1 Å². The summed E-state index contributed by atoms with van der Waals surface area (Å²) in [4.78, 5) is 4.41. The van der Waals surface area contributed by atoms with E-state index in [2.05, 4.69) is 43.2 Å². The molecule has 2 nitrogen and oxygen atoms in total. The topological polar surface area (TPSA) is 24.9 Å². The van der Waals surface area contributed by atoms with E-state index >= 15 is 0 Å². The van der Waals surface area contributed by atoms with Gasteiger partial charge in [0.2, 0.25) is 0 Å². The lowest BCUT2D eigenvalue weighted by molar-refractivity contribution is 0.265. The SMILES string of the molecule is CC(NC1CCCC1(C)C)c1ccccn1. The summed E-state index contributed by atoms with van der Waals surface area (Å²) in [5, 5.41) is 3.72. The largest absolute Gasteiger partial charge is 0.306 e. The first-order valence-electron chi connectivity index (χ1n) is 6.26. The molecule has 0 saturated heterocycles. The first kappa shape index (κ1) is 11.6. The maximum atomic E-state index is 4.41. The molecule has 1 fully saturated rings. The van der Waals surface area contributed by atoms with Crippen molar-refractivity contribution in [1.29, 1.82) is 0 Å². The average Bonchev–Trinajstić information content (AvgIpc) is 2.59. The molecule has 2 heteroatoms. The third-order valence-electron chi connectivity index (χ3n) is 3.84. The highest BCUT2D eigenvalue weighted by Gasteiger charge is 2.35. The van der Waals surface area contributed by atoms with E-state index in [1.165, 1.54) is 19.3 Å². The van der Waals surface area contributed by atoms with Gasteiger partial charge in [0.25, 0.3) is 0 Å². The molecular weight excluding hydrogens is 196 g/mol. The normalized spacial score (nSPS) is 25.6. The van der Waals surface area contributed by atoms with Crippen LogP contribution in [0.25, 0.3) is 0 Å². The minimum Gasteiger partial charge on any atom is -0.306 e. The Kier molecular flexibility index (Phi) is 3.29. The lowest BCUT2D eigenvalue weighted by Crippen LogP contribution is -2.39. The fraction of sp³-hybridized carbons (Fsp3) is 0.643. The number of rotatable bonds is 3. The van der Waals surface area contributed by atoms with Crippen LogP contribution >= 0.6 is 0 Å². The third-order valence-corrected chi connectivity index (χ3v) is 3.84. The molecule has 16 heavy (non-hydrogen) atoms. The van der Waals surface area contributed by atoms with E-state index in [4.69, 9.17) is 0 Å². The fourth-order valence-electron chi connectivity index (χ4n) is 2.65. The summed E-state index contributed by atoms with van der Waals surface area (Å²) in [7, 11) is 0. The molecule has 1 aromatic heterocycles. The number of aromatic nitrogens is 1. The lowest BCUT2D eigenvalue weighted by Gasteiger charge is -2.30. The fourth-order valence-corrected chi connectivity index (χ4v) is 2.65. The maximum absolute atomic E-state index is 4.41. The van der Waals surface area contributed by atoms with Crippen LogP contribution in [0.15, 0.2) is 24.4 Å². The zero-order valence-corrected chi connectivity index (χ0v) is 10.5. The summed E-state index contributed by atoms with van der Waals surface area (Å²) in [6, 6.07) is 7.10. The maximum Gasteiger partial charge on any atom is 0.0570 e. The predicted octanol–water partition coefficient (Wildman–Crippen LogP) is 3.31. The van der Waals surface area contributed by atoms with E-state index in [0.717, 1.165) is 5.69 Å². The van der Waals surface area contributed by atoms with Gasteiger partial charge in [-0.05, 0) is 37.3 Å². The van der Waals surface area contributed by atoms with Gasteiger partial charge in [-0.1, -0.05) is 26.3 Å². The van der Waals surface area contributed by atoms with Crippen molar-refractivity contribution in [3.05, 3.63) is 30.1 Å². The number of pyridine rings is 1. The van der Waals surface area contributed by atoms with Crippen molar-refractivity contribution in [2.24, 2.45) is 5.41 Å². The van der Waals surface area contributed by atoms with Crippen LogP contribution in [0.5, 0.6) is 0 Å². The van der Waals surface area contributed by atoms with Crippen LogP contribution in [0.3, 0.4) is 0 Å². The van der Waals surface area contributed by atoms with Crippen molar-refractivity contribution in [3.63, 3.8) is 0 Å². The van der Waals surface area contributed by atoms with Crippen molar-refractivity contribution >= 4 is 0 Å². The van der Waals surface area contributed by atoms with E-state index in [1.807, 2.05) is 12.3 Å². The Morgan fingerprint density at radius 3 is 2.81 bits per heavy atom. The smallest absolute Gasteiger partial charge is 0.0570 e. The van der Waals surface area contributed by atoms with Gasteiger partial charge < -0.3 is 5.32 Å². The van der Waals surface area contributed by atoms with E-state index < -0.39 is 0 Å². The van der Waals surface area contributed by atoms with E-state index in [1.54, 1.807) is 0 Å². The average molecular weight is 218 g/mol. The molecule has 2 unspecified atom stereocenters. The van der Waals surface area contributed by atoms with Crippen molar-refractivity contribution < 1.29 is 0 Å². The first-order chi connectivity index (χ1) is 7.59. The summed E-state index contributed by atoms with van der Waals surface area (Å²) in [5.74, 6) is 0. The molecule has 88 valence electrons. The Morgan fingerprint density at radius 2 is 2.25 bits per heavy atom. The van der Waals surface area contributed by atoms with Gasteiger partial charge in [-0.2, -0.15) is 0 Å². The molecule has 2 rings (SSSR count). The van der Waals surface area contributed by atoms with Crippen LogP contribution in [0.1, 0.15) is 51.8 Å². The number of hydrogen-bond donors (Lipinski definition) is 1. The molecule has 0 radical (unpaired) electrons. The minimum atomic E-state index is 0.351. The monoisotopic (exact) mass is 218 g/mol. The molecule has 2 atom stereocenters. The second kappa shape index (κ2) is 4.54. The lowest BCUT2D eigenvalue weighted by atomic mass is 9.87. The molecule has 1 aliphatic carbocycles. The van der Waals surface area contributed by atoms with Crippen molar-refractivity contribution in [3.8, 4) is 0 Å². The van der Waals surface area contributed by atoms with Crippen LogP contribution in [-0.4, -0.2) is 11.0 Å². The standard InChI is InChI=1S/C14H22N2/c1-11(12-7-4-5-10-15-12)16-13-8-6-9-14(13,2)3/h4-5,7,10-11,13,16H,6,8-9H2,1-3H3. The predicted molar refractivity (Wildman–Crippen MR) is 67.2 cm³/mol. The van der Waals surface area contributed by atoms with Gasteiger partial charge in [-0.3, -0.25) is 4.98 Å². The Morgan fingerprint density at radius 1 is 1.44 bits per heavy atom. The zero-order chi connectivity index (χ0) is 11.6. The third kappa shape index (κ3) is 2.43. The van der Waals surface area contributed by atoms with Gasteiger partial charge in [-0.25, -0.2) is 0 Å². The second-order valence-electron chi connectivity index (χ2n) is 5.58. The Balaban J connectivity index is 2.00. The molecule has 0 bridgehead atoms. The van der Waals surface area contributed by atoms with Gasteiger partial charge in [-0.15, -0.1) is 0 Å². The van der Waals surface area contributed by atoms with Gasteiger partial charge >= 0.3 is 0 Å². The molecule has 1 aliphatic rings. The molecule has 0 amide bonds. The highest BCUT2D eigenvalue weighted by atomic mass is 15.0. The molecule has 0 aromatic carbocycles. The minimum absolute atomic E-state index is 0.351. The summed E-state index contributed by atoms with van der Waals surface area (Å²) in [5.41, 5.74) is 1.58. The summed E-state index contributed by atoms with van der Waals surface area (Å²) < 4.78 is 0. The van der Waals surface area contributed by atoms with Crippen molar-refractivity contribution in [2.75, 3.05) is 0 Å². The Hall–Kier alpha value is -0.890. The highest BCUT2D eigenvalue weighted by Crippen LogP contribution is 2.38. The quantitative estimate of drug-likeness (QED) is 0.842. The molecule has 0 spiro atoms. The van der Waals surface area contributed by atoms with E-state index in [0.29, 0.717) is 17.5 Å². The summed E-state index contributed by atoms with van der Waals surface area (Å²) >= 11 is 0. The molecule has 1 saturated carbocycles. The van der Waals surface area contributed by atoms with Crippen LogP contribution in [0.4, 0.5) is 0 Å². The van der Waals surface area contributed by atoms with Gasteiger partial charge in [0.05, 0.1) is 5.69 Å².